The van der Waals surface area contributed by atoms with Gasteiger partial charge in [0.2, 0.25) is 0 Å². The Morgan fingerprint density at radius 1 is 0.833 bits per heavy atom. The highest BCUT2D eigenvalue weighted by atomic mass is 79.9. The Morgan fingerprint density at radius 2 is 1.33 bits per heavy atom. The Balaban J connectivity index is 0.000000347. The van der Waals surface area contributed by atoms with Gasteiger partial charge in [0.25, 0.3) is 0 Å². The van der Waals surface area contributed by atoms with Gasteiger partial charge in [0.1, 0.15) is 18.1 Å². The highest BCUT2D eigenvalue weighted by Crippen LogP contribution is 2.36. The van der Waals surface area contributed by atoms with Crippen LogP contribution < -0.4 is 14.8 Å². The van der Waals surface area contributed by atoms with Gasteiger partial charge < -0.3 is 25.0 Å². The molecule has 3 N–H and O–H groups in total. The molecule has 2 atom stereocenters. The molecule has 0 radical (unpaired) electrons. The van der Waals surface area contributed by atoms with Gasteiger partial charge in [-0.2, -0.15) is 26.3 Å². The van der Waals surface area contributed by atoms with E-state index in [1.807, 2.05) is 11.8 Å². The number of rotatable bonds is 7. The zero-order valence-electron chi connectivity index (χ0n) is 23.4. The van der Waals surface area contributed by atoms with Gasteiger partial charge in [-0.05, 0) is 57.5 Å². The molecule has 2 unspecified atom stereocenters. The average Bonchev–Trinajstić information content (AvgIpc) is 3.45. The van der Waals surface area contributed by atoms with Gasteiger partial charge in [-0.1, -0.05) is 40.2 Å². The summed E-state index contributed by atoms with van der Waals surface area (Å²) < 4.78 is 85.6. The van der Waals surface area contributed by atoms with Gasteiger partial charge in [-0.3, -0.25) is 4.90 Å². The molecule has 6 nitrogen and oxygen atoms in total. The molecule has 240 valence electrons. The predicted octanol–water partition coefficient (Wildman–Crippen LogP) is 6.17. The molecule has 0 spiro atoms. The van der Waals surface area contributed by atoms with Crippen molar-refractivity contribution >= 4 is 28.3 Å². The van der Waals surface area contributed by atoms with Crippen molar-refractivity contribution in [3.05, 3.63) is 59.7 Å². The number of β-amino-alcohol motifs (C(OH)–C–C–N with tert-alkyl or cyclic N) is 2. The van der Waals surface area contributed by atoms with Crippen LogP contribution in [0, 0.1) is 0 Å². The number of para-hydroxylation sites is 2. The molecule has 4 rings (SSSR count). The van der Waals surface area contributed by atoms with E-state index in [2.05, 4.69) is 21.2 Å². The lowest BCUT2D eigenvalue weighted by Gasteiger charge is -2.19. The standard InChI is InChI=1S/C14H18F3NO2.C9H8BrF3O.C5H11NO.ClH/c1-13(19)6-7-18(10-13)8-9-20-12-5-3-2-4-11(12)14(15,16)17;10-5-6-14-8-4-2-1-3-7(8)9(11,12)13;1-5(7)2-3-6-4-5;/h2-5,19H,6-10H2,1H3;1-4H,5-6H2;6-7H,2-4H2,1H3;1H. The summed E-state index contributed by atoms with van der Waals surface area (Å²) in [5.74, 6) is -0.273. The second-order valence-electron chi connectivity index (χ2n) is 10.3. The van der Waals surface area contributed by atoms with Gasteiger partial charge in [0.15, 0.2) is 0 Å². The Bertz CT molecular complexity index is 1070. The largest absolute Gasteiger partial charge is 0.492 e. The highest BCUT2D eigenvalue weighted by molar-refractivity contribution is 9.09. The van der Waals surface area contributed by atoms with Crippen molar-refractivity contribution in [1.82, 2.24) is 10.2 Å². The summed E-state index contributed by atoms with van der Waals surface area (Å²) in [5.41, 5.74) is -2.61. The van der Waals surface area contributed by atoms with Gasteiger partial charge >= 0.3 is 12.4 Å². The fourth-order valence-corrected chi connectivity index (χ4v) is 4.28. The maximum absolute atomic E-state index is 12.8. The van der Waals surface area contributed by atoms with Crippen LogP contribution >= 0.6 is 28.3 Å². The van der Waals surface area contributed by atoms with Crippen molar-refractivity contribution in [3.8, 4) is 11.5 Å². The number of halogens is 8. The van der Waals surface area contributed by atoms with E-state index in [9.17, 15) is 31.4 Å². The zero-order chi connectivity index (χ0) is 30.7. The zero-order valence-corrected chi connectivity index (χ0v) is 25.8. The van der Waals surface area contributed by atoms with E-state index < -0.39 is 34.7 Å². The molecule has 2 fully saturated rings. The first-order valence-corrected chi connectivity index (χ1v) is 14.2. The molecule has 2 aliphatic heterocycles. The van der Waals surface area contributed by atoms with Crippen molar-refractivity contribution in [3.63, 3.8) is 0 Å². The molecule has 0 saturated carbocycles. The van der Waals surface area contributed by atoms with Crippen molar-refractivity contribution in [2.45, 2.75) is 50.2 Å². The van der Waals surface area contributed by atoms with Gasteiger partial charge in [0, 0.05) is 31.5 Å². The van der Waals surface area contributed by atoms with Crippen LogP contribution in [0.2, 0.25) is 0 Å². The average molecular weight is 696 g/mol. The van der Waals surface area contributed by atoms with Crippen LogP contribution in [0.15, 0.2) is 48.5 Å². The maximum atomic E-state index is 12.8. The van der Waals surface area contributed by atoms with Crippen molar-refractivity contribution < 1.29 is 46.0 Å². The second-order valence-corrected chi connectivity index (χ2v) is 11.1. The normalized spacial score (nSPS) is 22.3. The molecule has 0 aliphatic carbocycles. The van der Waals surface area contributed by atoms with Crippen LogP contribution in [0.4, 0.5) is 26.3 Å². The SMILES string of the molecule is CC1(O)CCN(CCOc2ccccc2C(F)(F)F)C1.CC1(O)CCNC1.Cl.FC(F)(F)c1ccccc1OCCBr. The molecule has 14 heteroatoms. The van der Waals surface area contributed by atoms with E-state index in [0.29, 0.717) is 24.8 Å². The first-order chi connectivity index (χ1) is 19.0. The lowest BCUT2D eigenvalue weighted by atomic mass is 10.1. The lowest BCUT2D eigenvalue weighted by molar-refractivity contribution is -0.139. The molecular formula is C28H38BrClF6N2O4. The summed E-state index contributed by atoms with van der Waals surface area (Å²) in [7, 11) is 0. The number of aliphatic hydroxyl groups is 2. The van der Waals surface area contributed by atoms with E-state index in [1.54, 1.807) is 6.92 Å². The monoisotopic (exact) mass is 694 g/mol. The molecule has 2 aromatic rings. The Kier molecular flexibility index (Phi) is 15.4. The minimum atomic E-state index is -4.41. The maximum Gasteiger partial charge on any atom is 0.419 e. The van der Waals surface area contributed by atoms with Gasteiger partial charge in [-0.15, -0.1) is 12.4 Å². The minimum absolute atomic E-state index is 0. The van der Waals surface area contributed by atoms with Crippen molar-refractivity contribution in [2.24, 2.45) is 0 Å². The molecule has 2 aliphatic rings. The Hall–Kier alpha value is -1.77. The molecule has 0 aromatic heterocycles. The third kappa shape index (κ3) is 13.7. The Labute approximate surface area is 256 Å². The van der Waals surface area contributed by atoms with Crippen LogP contribution in [0.3, 0.4) is 0 Å². The molecule has 0 bridgehead atoms. The summed E-state index contributed by atoms with van der Waals surface area (Å²) in [5, 5.41) is 22.5. The number of alkyl halides is 7. The number of likely N-dealkylation sites (tertiary alicyclic amines) is 1. The quantitative estimate of drug-likeness (QED) is 0.238. The summed E-state index contributed by atoms with van der Waals surface area (Å²) in [4.78, 5) is 1.98. The Morgan fingerprint density at radius 3 is 1.69 bits per heavy atom. The molecule has 2 aromatic carbocycles. The van der Waals surface area contributed by atoms with Crippen LogP contribution in [0.25, 0.3) is 0 Å². The molecule has 0 amide bonds. The third-order valence-corrected chi connectivity index (χ3v) is 6.59. The fourth-order valence-electron chi connectivity index (χ4n) is 4.12. The summed E-state index contributed by atoms with van der Waals surface area (Å²) >= 11 is 3.08. The number of nitrogens with zero attached hydrogens (tertiary/aromatic N) is 1. The smallest absolute Gasteiger partial charge is 0.419 e. The summed E-state index contributed by atoms with van der Waals surface area (Å²) in [6, 6.07) is 10.4. The van der Waals surface area contributed by atoms with Crippen molar-refractivity contribution in [1.29, 1.82) is 0 Å². The van der Waals surface area contributed by atoms with E-state index in [1.165, 1.54) is 36.4 Å². The fraction of sp³-hybridized carbons (Fsp3) is 0.571. The van der Waals surface area contributed by atoms with Crippen LogP contribution in [0.1, 0.15) is 37.8 Å². The van der Waals surface area contributed by atoms with Gasteiger partial charge in [0.05, 0.1) is 28.9 Å². The topological polar surface area (TPSA) is 74.2 Å². The summed E-state index contributed by atoms with van der Waals surface area (Å²) in [6.45, 7) is 7.48. The van der Waals surface area contributed by atoms with E-state index in [0.717, 1.165) is 38.2 Å². The number of ether oxygens (including phenoxy) is 2. The van der Waals surface area contributed by atoms with Crippen LogP contribution in [-0.4, -0.2) is 77.6 Å². The number of hydrogen-bond donors (Lipinski definition) is 3. The first-order valence-electron chi connectivity index (χ1n) is 13.1. The highest BCUT2D eigenvalue weighted by Gasteiger charge is 2.35. The number of hydrogen-bond acceptors (Lipinski definition) is 6. The van der Waals surface area contributed by atoms with E-state index in [-0.39, 0.29) is 37.1 Å². The van der Waals surface area contributed by atoms with Gasteiger partial charge in [-0.25, -0.2) is 0 Å². The summed E-state index contributed by atoms with van der Waals surface area (Å²) in [6.07, 6.45) is -7.20. The number of benzene rings is 2. The first kappa shape index (κ1) is 38.3. The molecule has 2 saturated heterocycles. The molecular weight excluding hydrogens is 658 g/mol. The lowest BCUT2D eigenvalue weighted by Crippen LogP contribution is -2.32. The minimum Gasteiger partial charge on any atom is -0.492 e. The van der Waals surface area contributed by atoms with Crippen molar-refractivity contribution in [2.75, 3.05) is 51.3 Å². The second kappa shape index (κ2) is 16.9. The van der Waals surface area contributed by atoms with E-state index in [4.69, 9.17) is 14.6 Å². The van der Waals surface area contributed by atoms with E-state index >= 15 is 0 Å². The third-order valence-electron chi connectivity index (χ3n) is 6.26. The number of nitrogens with one attached hydrogen (secondary N) is 1. The molecule has 2 heterocycles. The predicted molar refractivity (Wildman–Crippen MR) is 155 cm³/mol. The van der Waals surface area contributed by atoms with Crippen LogP contribution in [-0.2, 0) is 12.4 Å². The van der Waals surface area contributed by atoms with Crippen LogP contribution in [0.5, 0.6) is 11.5 Å². The molecule has 42 heavy (non-hydrogen) atoms.